The maximum absolute atomic E-state index is 13.5. The van der Waals surface area contributed by atoms with Crippen molar-refractivity contribution in [2.24, 2.45) is 34.5 Å². The molecule has 0 spiro atoms. The van der Waals surface area contributed by atoms with Crippen LogP contribution in [0.1, 0.15) is 77.8 Å². The largest absolute Gasteiger partial charge is 0.393 e. The number of carbonyl (C=O) groups is 1. The lowest BCUT2D eigenvalue weighted by molar-refractivity contribution is -0.141. The van der Waals surface area contributed by atoms with Crippen molar-refractivity contribution >= 4 is 11.9 Å². The molecule has 158 valence electrons. The van der Waals surface area contributed by atoms with Gasteiger partial charge >= 0.3 is 0 Å². The van der Waals surface area contributed by atoms with E-state index in [-0.39, 0.29) is 11.5 Å². The average molecular weight is 397 g/mol. The zero-order valence-corrected chi connectivity index (χ0v) is 18.2. The fraction of sp³-hybridized carbons (Fsp3) is 0.760. The summed E-state index contributed by atoms with van der Waals surface area (Å²) in [7, 11) is 0. The third kappa shape index (κ3) is 2.81. The van der Waals surface area contributed by atoms with Crippen LogP contribution in [-0.4, -0.2) is 26.8 Å². The number of aryl methyl sites for hydroxylation is 1. The fourth-order valence-electron chi connectivity index (χ4n) is 7.94. The minimum atomic E-state index is -0.179. The van der Waals surface area contributed by atoms with E-state index in [0.717, 1.165) is 55.8 Å². The van der Waals surface area contributed by atoms with E-state index in [0.29, 0.717) is 29.0 Å². The highest BCUT2D eigenvalue weighted by molar-refractivity contribution is 6.05. The first-order valence-electron chi connectivity index (χ1n) is 11.8. The normalized spacial score (nSPS) is 45.7. The van der Waals surface area contributed by atoms with Gasteiger partial charge in [0.2, 0.25) is 0 Å². The molecule has 29 heavy (non-hydrogen) atoms. The van der Waals surface area contributed by atoms with Crippen LogP contribution in [0.3, 0.4) is 0 Å². The van der Waals surface area contributed by atoms with Gasteiger partial charge in [-0.3, -0.25) is 9.48 Å². The zero-order valence-electron chi connectivity index (χ0n) is 18.2. The quantitative estimate of drug-likeness (QED) is 0.726. The number of aromatic nitrogens is 2. The molecule has 4 aliphatic rings. The molecule has 1 heterocycles. The molecular weight excluding hydrogens is 360 g/mol. The van der Waals surface area contributed by atoms with Crippen LogP contribution >= 0.6 is 0 Å². The van der Waals surface area contributed by atoms with Crippen molar-refractivity contribution in [3.63, 3.8) is 0 Å². The number of Topliss-reactive ketones (excluding diaryl/α,β-unsaturated/α-hetero) is 1. The fourth-order valence-corrected chi connectivity index (χ4v) is 7.94. The van der Waals surface area contributed by atoms with Crippen LogP contribution in [0, 0.1) is 34.5 Å². The molecule has 0 saturated heterocycles. The van der Waals surface area contributed by atoms with Crippen molar-refractivity contribution in [3.8, 4) is 0 Å². The predicted octanol–water partition coefficient (Wildman–Crippen LogP) is 4.87. The summed E-state index contributed by atoms with van der Waals surface area (Å²) in [6, 6.07) is 2.02. The number of nitrogens with zero attached hydrogens (tertiary/aromatic N) is 2. The van der Waals surface area contributed by atoms with Crippen LogP contribution in [0.15, 0.2) is 17.8 Å². The van der Waals surface area contributed by atoms with Crippen LogP contribution in [0.2, 0.25) is 0 Å². The van der Waals surface area contributed by atoms with E-state index in [9.17, 15) is 9.90 Å². The Kier molecular flexibility index (Phi) is 4.58. The van der Waals surface area contributed by atoms with Crippen LogP contribution in [0.4, 0.5) is 0 Å². The van der Waals surface area contributed by atoms with E-state index in [1.807, 2.05) is 16.9 Å². The Morgan fingerprint density at radius 3 is 2.83 bits per heavy atom. The molecule has 0 aromatic carbocycles. The lowest BCUT2D eigenvalue weighted by Gasteiger charge is -2.59. The third-order valence-electron chi connectivity index (χ3n) is 9.65. The Morgan fingerprint density at radius 1 is 1.21 bits per heavy atom. The molecule has 5 rings (SSSR count). The smallest absolute Gasteiger partial charge is 0.165 e. The highest BCUT2D eigenvalue weighted by Gasteiger charge is 2.61. The summed E-state index contributed by atoms with van der Waals surface area (Å²) in [6.07, 6.45) is 12.6. The van der Waals surface area contributed by atoms with Gasteiger partial charge in [0.05, 0.1) is 11.8 Å². The number of allylic oxidation sites excluding steroid dienone is 1. The van der Waals surface area contributed by atoms with Crippen molar-refractivity contribution in [1.29, 1.82) is 0 Å². The van der Waals surface area contributed by atoms with Crippen molar-refractivity contribution < 1.29 is 9.90 Å². The van der Waals surface area contributed by atoms with E-state index in [1.165, 1.54) is 19.3 Å². The van der Waals surface area contributed by atoms with Crippen LogP contribution in [-0.2, 0) is 11.3 Å². The topological polar surface area (TPSA) is 55.1 Å². The number of fused-ring (bicyclic) bond motifs is 5. The number of hydrogen-bond acceptors (Lipinski definition) is 3. The Hall–Kier alpha value is -1.42. The molecule has 4 nitrogen and oxygen atoms in total. The van der Waals surface area contributed by atoms with Gasteiger partial charge in [-0.05, 0) is 105 Å². The Labute approximate surface area is 174 Å². The van der Waals surface area contributed by atoms with Gasteiger partial charge in [-0.2, -0.15) is 5.10 Å². The van der Waals surface area contributed by atoms with Crippen molar-refractivity contribution in [2.75, 3.05) is 0 Å². The lowest BCUT2D eigenvalue weighted by Crippen LogP contribution is -2.54. The van der Waals surface area contributed by atoms with Gasteiger partial charge in [0, 0.05) is 18.2 Å². The molecule has 0 aliphatic heterocycles. The Balaban J connectivity index is 1.45. The lowest BCUT2D eigenvalue weighted by atomic mass is 9.45. The van der Waals surface area contributed by atoms with Crippen molar-refractivity contribution in [3.05, 3.63) is 23.5 Å². The van der Waals surface area contributed by atoms with E-state index < -0.39 is 0 Å². The molecule has 0 bridgehead atoms. The highest BCUT2D eigenvalue weighted by atomic mass is 16.3. The van der Waals surface area contributed by atoms with Gasteiger partial charge < -0.3 is 5.11 Å². The second-order valence-electron chi connectivity index (χ2n) is 10.8. The number of carbonyl (C=O) groups excluding carboxylic acids is 1. The molecule has 0 unspecified atom stereocenters. The molecule has 4 fully saturated rings. The number of aliphatic hydroxyl groups excluding tert-OH is 1. The zero-order chi connectivity index (χ0) is 20.4. The summed E-state index contributed by atoms with van der Waals surface area (Å²) in [4.78, 5) is 13.5. The average Bonchev–Trinajstić information content (AvgIpc) is 3.25. The molecule has 1 aromatic heterocycles. The second-order valence-corrected chi connectivity index (χ2v) is 10.8. The molecule has 4 heteroatoms. The van der Waals surface area contributed by atoms with Gasteiger partial charge in [-0.1, -0.05) is 13.8 Å². The standard InChI is InChI=1S/C25H36N2O2/c1-4-27-18(9-12-26-27)13-16-14-22-20-6-5-17-15-19(28)7-10-24(17,2)21(20)8-11-25(22,3)23(16)29/h9,12-13,17,19-22,28H,4-8,10-11,14-15H2,1-3H3/b16-13+/t17-,19-,20-,21+,22+,24+,25+/m1/s1. The van der Waals surface area contributed by atoms with E-state index in [2.05, 4.69) is 31.9 Å². The maximum atomic E-state index is 13.5. The van der Waals surface area contributed by atoms with Gasteiger partial charge in [0.25, 0.3) is 0 Å². The molecule has 0 amide bonds. The minimum Gasteiger partial charge on any atom is -0.393 e. The molecule has 1 aromatic rings. The molecule has 4 saturated carbocycles. The SMILES string of the molecule is CCn1nccc1/C=C1\C[C@H]2[C@@H]3CC[C@@H]4C[C@H](O)CC[C@]4(C)[C@H]3CC[C@]2(C)C1=O. The Bertz CT molecular complexity index is 842. The predicted molar refractivity (Wildman–Crippen MR) is 114 cm³/mol. The summed E-state index contributed by atoms with van der Waals surface area (Å²) in [5.74, 6) is 2.94. The first-order valence-corrected chi connectivity index (χ1v) is 11.8. The van der Waals surface area contributed by atoms with Crippen molar-refractivity contribution in [2.45, 2.75) is 84.8 Å². The van der Waals surface area contributed by atoms with Gasteiger partial charge in [0.15, 0.2) is 5.78 Å². The summed E-state index contributed by atoms with van der Waals surface area (Å²) in [5.41, 5.74) is 2.27. The maximum Gasteiger partial charge on any atom is 0.165 e. The van der Waals surface area contributed by atoms with Crippen LogP contribution in [0.5, 0.6) is 0 Å². The minimum absolute atomic E-state index is 0.0931. The summed E-state index contributed by atoms with van der Waals surface area (Å²) >= 11 is 0. The molecule has 4 aliphatic carbocycles. The summed E-state index contributed by atoms with van der Waals surface area (Å²) in [5, 5.41) is 14.6. The summed E-state index contributed by atoms with van der Waals surface area (Å²) in [6.45, 7) is 7.69. The van der Waals surface area contributed by atoms with Crippen LogP contribution < -0.4 is 0 Å². The van der Waals surface area contributed by atoms with Crippen molar-refractivity contribution in [1.82, 2.24) is 9.78 Å². The van der Waals surface area contributed by atoms with Crippen LogP contribution in [0.25, 0.3) is 6.08 Å². The van der Waals surface area contributed by atoms with E-state index in [1.54, 1.807) is 0 Å². The first-order chi connectivity index (χ1) is 13.9. The Morgan fingerprint density at radius 2 is 2.03 bits per heavy atom. The number of hydrogen-bond donors (Lipinski definition) is 1. The van der Waals surface area contributed by atoms with E-state index in [4.69, 9.17) is 0 Å². The molecule has 7 atom stereocenters. The van der Waals surface area contributed by atoms with Gasteiger partial charge in [-0.25, -0.2) is 0 Å². The summed E-state index contributed by atoms with van der Waals surface area (Å²) < 4.78 is 1.98. The third-order valence-corrected chi connectivity index (χ3v) is 9.65. The monoisotopic (exact) mass is 396 g/mol. The highest BCUT2D eigenvalue weighted by Crippen LogP contribution is 2.66. The number of ketones is 1. The molecule has 0 radical (unpaired) electrons. The van der Waals surface area contributed by atoms with Gasteiger partial charge in [-0.15, -0.1) is 0 Å². The van der Waals surface area contributed by atoms with E-state index >= 15 is 0 Å². The molecule has 1 N–H and O–H groups in total. The van der Waals surface area contributed by atoms with Gasteiger partial charge in [0.1, 0.15) is 0 Å². The molecular formula is C25H36N2O2. The first kappa shape index (κ1) is 19.5. The number of rotatable bonds is 2. The second kappa shape index (κ2) is 6.80. The number of aliphatic hydroxyl groups is 1.